The lowest BCUT2D eigenvalue weighted by Gasteiger charge is -2.34. The van der Waals surface area contributed by atoms with E-state index in [0.29, 0.717) is 5.56 Å². The fraction of sp³-hybridized carbons (Fsp3) is 0.259. The molecule has 158 valence electrons. The van der Waals surface area contributed by atoms with E-state index in [1.54, 1.807) is 12.1 Å². The standard InChI is InChI=1S/C27H28N2O2/c28-27(31)26(22-15-13-20(19-30)14-16-22)25(21-9-3-1-4-10-21)23-11-5-6-12-24(23)29-17-7-2-8-18-29/h1,3-6,9-16,19,25-26H,2,7-8,17-18H2,(H2,28,31). The molecule has 0 saturated carbocycles. The number of rotatable bonds is 7. The van der Waals surface area contributed by atoms with Crippen LogP contribution in [0.15, 0.2) is 78.9 Å². The molecule has 1 amide bonds. The Balaban J connectivity index is 1.87. The van der Waals surface area contributed by atoms with E-state index in [1.807, 2.05) is 36.4 Å². The molecule has 1 aliphatic heterocycles. The summed E-state index contributed by atoms with van der Waals surface area (Å²) < 4.78 is 0. The van der Waals surface area contributed by atoms with Gasteiger partial charge in [0.25, 0.3) is 0 Å². The third-order valence-corrected chi connectivity index (χ3v) is 6.20. The average molecular weight is 413 g/mol. The van der Waals surface area contributed by atoms with Crippen molar-refractivity contribution in [3.8, 4) is 0 Å². The van der Waals surface area contributed by atoms with Crippen LogP contribution >= 0.6 is 0 Å². The minimum Gasteiger partial charge on any atom is -0.371 e. The first kappa shape index (κ1) is 20.9. The first-order valence-electron chi connectivity index (χ1n) is 10.9. The number of piperidine rings is 1. The fourth-order valence-corrected chi connectivity index (χ4v) is 4.69. The number of aldehydes is 1. The molecular formula is C27H28N2O2. The Kier molecular flexibility index (Phi) is 6.46. The van der Waals surface area contributed by atoms with Crippen LogP contribution in [-0.4, -0.2) is 25.3 Å². The summed E-state index contributed by atoms with van der Waals surface area (Å²) in [5.74, 6) is -1.14. The van der Waals surface area contributed by atoms with E-state index in [0.717, 1.165) is 36.1 Å². The summed E-state index contributed by atoms with van der Waals surface area (Å²) in [6.07, 6.45) is 4.42. The number of anilines is 1. The van der Waals surface area contributed by atoms with Crippen LogP contribution in [0, 0.1) is 0 Å². The number of hydrogen-bond acceptors (Lipinski definition) is 3. The first-order valence-corrected chi connectivity index (χ1v) is 10.9. The highest BCUT2D eigenvalue weighted by Gasteiger charge is 2.33. The summed E-state index contributed by atoms with van der Waals surface area (Å²) in [7, 11) is 0. The van der Waals surface area contributed by atoms with Gasteiger partial charge in [0.1, 0.15) is 6.29 Å². The van der Waals surface area contributed by atoms with Gasteiger partial charge in [-0.15, -0.1) is 0 Å². The van der Waals surface area contributed by atoms with Crippen molar-refractivity contribution in [2.45, 2.75) is 31.1 Å². The van der Waals surface area contributed by atoms with Crippen LogP contribution < -0.4 is 10.6 Å². The van der Waals surface area contributed by atoms with Crippen molar-refractivity contribution in [2.24, 2.45) is 5.73 Å². The van der Waals surface area contributed by atoms with Crippen LogP contribution in [0.1, 0.15) is 58.1 Å². The summed E-state index contributed by atoms with van der Waals surface area (Å²) in [5.41, 5.74) is 10.8. The Bertz CT molecular complexity index is 1020. The van der Waals surface area contributed by atoms with E-state index < -0.39 is 5.92 Å². The largest absolute Gasteiger partial charge is 0.371 e. The number of nitrogens with zero attached hydrogens (tertiary/aromatic N) is 1. The van der Waals surface area contributed by atoms with Gasteiger partial charge in [-0.25, -0.2) is 0 Å². The molecule has 4 rings (SSSR count). The summed E-state index contributed by atoms with van der Waals surface area (Å²) in [6, 6.07) is 25.7. The smallest absolute Gasteiger partial charge is 0.225 e. The lowest BCUT2D eigenvalue weighted by Crippen LogP contribution is -2.32. The molecule has 2 N–H and O–H groups in total. The maximum Gasteiger partial charge on any atom is 0.225 e. The highest BCUT2D eigenvalue weighted by molar-refractivity contribution is 5.85. The molecule has 0 aliphatic carbocycles. The van der Waals surface area contributed by atoms with Gasteiger partial charge in [-0.3, -0.25) is 9.59 Å². The van der Waals surface area contributed by atoms with Crippen molar-refractivity contribution in [3.05, 3.63) is 101 Å². The lowest BCUT2D eigenvalue weighted by molar-refractivity contribution is -0.119. The molecule has 1 fully saturated rings. The summed E-state index contributed by atoms with van der Waals surface area (Å²) in [4.78, 5) is 26.4. The second kappa shape index (κ2) is 9.61. The molecule has 1 aliphatic rings. The molecule has 31 heavy (non-hydrogen) atoms. The number of primary amides is 1. The minimum absolute atomic E-state index is 0.223. The van der Waals surface area contributed by atoms with Gasteiger partial charge in [-0.1, -0.05) is 72.8 Å². The molecule has 4 heteroatoms. The molecule has 1 heterocycles. The van der Waals surface area contributed by atoms with Gasteiger partial charge >= 0.3 is 0 Å². The second-order valence-corrected chi connectivity index (χ2v) is 8.16. The first-order chi connectivity index (χ1) is 15.2. The topological polar surface area (TPSA) is 63.4 Å². The lowest BCUT2D eigenvalue weighted by atomic mass is 9.76. The van der Waals surface area contributed by atoms with E-state index in [2.05, 4.69) is 35.2 Å². The van der Waals surface area contributed by atoms with Crippen LogP contribution in [0.4, 0.5) is 5.69 Å². The van der Waals surface area contributed by atoms with Crippen LogP contribution in [-0.2, 0) is 4.79 Å². The zero-order valence-corrected chi connectivity index (χ0v) is 17.6. The maximum atomic E-state index is 12.9. The molecule has 0 radical (unpaired) electrons. The van der Waals surface area contributed by atoms with E-state index in [-0.39, 0.29) is 11.8 Å². The van der Waals surface area contributed by atoms with E-state index in [9.17, 15) is 9.59 Å². The number of nitrogens with two attached hydrogens (primary N) is 1. The molecule has 3 aromatic rings. The van der Waals surface area contributed by atoms with Gasteiger partial charge in [-0.2, -0.15) is 0 Å². The van der Waals surface area contributed by atoms with Crippen LogP contribution in [0.2, 0.25) is 0 Å². The molecule has 0 aromatic heterocycles. The third-order valence-electron chi connectivity index (χ3n) is 6.20. The van der Waals surface area contributed by atoms with Gasteiger partial charge in [0, 0.05) is 30.3 Å². The predicted molar refractivity (Wildman–Crippen MR) is 125 cm³/mol. The van der Waals surface area contributed by atoms with Gasteiger partial charge < -0.3 is 10.6 Å². The highest BCUT2D eigenvalue weighted by atomic mass is 16.1. The summed E-state index contributed by atoms with van der Waals surface area (Å²) >= 11 is 0. The van der Waals surface area contributed by atoms with E-state index in [4.69, 9.17) is 5.73 Å². The fourth-order valence-electron chi connectivity index (χ4n) is 4.69. The van der Waals surface area contributed by atoms with Crippen molar-refractivity contribution < 1.29 is 9.59 Å². The highest BCUT2D eigenvalue weighted by Crippen LogP contribution is 2.42. The number of benzene rings is 3. The van der Waals surface area contributed by atoms with Gasteiger partial charge in [-0.05, 0) is 42.0 Å². The Labute approximate surface area is 183 Å². The Morgan fingerprint density at radius 1 is 0.806 bits per heavy atom. The van der Waals surface area contributed by atoms with E-state index in [1.165, 1.54) is 24.9 Å². The Morgan fingerprint density at radius 2 is 1.45 bits per heavy atom. The van der Waals surface area contributed by atoms with Crippen molar-refractivity contribution in [1.29, 1.82) is 0 Å². The molecular weight excluding hydrogens is 384 g/mol. The molecule has 2 unspecified atom stereocenters. The monoisotopic (exact) mass is 412 g/mol. The maximum absolute atomic E-state index is 12.9. The zero-order valence-electron chi connectivity index (χ0n) is 17.6. The van der Waals surface area contributed by atoms with Crippen molar-refractivity contribution in [2.75, 3.05) is 18.0 Å². The number of carbonyl (C=O) groups excluding carboxylic acids is 2. The van der Waals surface area contributed by atoms with Gasteiger partial charge in [0.2, 0.25) is 5.91 Å². The molecule has 0 spiro atoms. The van der Waals surface area contributed by atoms with E-state index >= 15 is 0 Å². The second-order valence-electron chi connectivity index (χ2n) is 8.16. The molecule has 3 aromatic carbocycles. The average Bonchev–Trinajstić information content (AvgIpc) is 2.83. The molecule has 0 bridgehead atoms. The Hall–Kier alpha value is -3.40. The van der Waals surface area contributed by atoms with Crippen LogP contribution in [0.25, 0.3) is 0 Å². The van der Waals surface area contributed by atoms with Crippen LogP contribution in [0.5, 0.6) is 0 Å². The van der Waals surface area contributed by atoms with Crippen molar-refractivity contribution in [1.82, 2.24) is 0 Å². The van der Waals surface area contributed by atoms with Crippen LogP contribution in [0.3, 0.4) is 0 Å². The van der Waals surface area contributed by atoms with Crippen molar-refractivity contribution >= 4 is 17.9 Å². The predicted octanol–water partition coefficient (Wildman–Crippen LogP) is 4.89. The Morgan fingerprint density at radius 3 is 2.10 bits per heavy atom. The third kappa shape index (κ3) is 4.53. The minimum atomic E-state index is -0.547. The summed E-state index contributed by atoms with van der Waals surface area (Å²) in [6.45, 7) is 2.04. The molecule has 2 atom stereocenters. The van der Waals surface area contributed by atoms with Gasteiger partial charge in [0.15, 0.2) is 0 Å². The van der Waals surface area contributed by atoms with Crippen molar-refractivity contribution in [3.63, 3.8) is 0 Å². The number of hydrogen-bond donors (Lipinski definition) is 1. The van der Waals surface area contributed by atoms with Gasteiger partial charge in [0.05, 0.1) is 5.92 Å². The molecule has 4 nitrogen and oxygen atoms in total. The zero-order chi connectivity index (χ0) is 21.6. The number of para-hydroxylation sites is 1. The normalized spacial score (nSPS) is 15.8. The summed E-state index contributed by atoms with van der Waals surface area (Å²) in [5, 5.41) is 0. The number of amides is 1. The SMILES string of the molecule is NC(=O)C(c1ccc(C=O)cc1)C(c1ccccc1)c1ccccc1N1CCCCC1. The molecule has 1 saturated heterocycles. The quantitative estimate of drug-likeness (QED) is 0.562. The number of carbonyl (C=O) groups is 2.